The molecule has 0 aliphatic carbocycles. The van der Waals surface area contributed by atoms with E-state index in [1.807, 2.05) is 30.3 Å². The van der Waals surface area contributed by atoms with Gasteiger partial charge in [-0.25, -0.2) is 4.79 Å². The van der Waals surface area contributed by atoms with Crippen molar-refractivity contribution in [2.24, 2.45) is 5.92 Å². The number of hydrogen-bond donors (Lipinski definition) is 1. The molecule has 20 heavy (non-hydrogen) atoms. The zero-order valence-corrected chi connectivity index (χ0v) is 11.5. The minimum atomic E-state index is -1.53. The smallest absolute Gasteiger partial charge is 0.335 e. The second kappa shape index (κ2) is 8.12. The lowest BCUT2D eigenvalue weighted by molar-refractivity contribution is -0.163. The Balaban J connectivity index is 2.73. The number of ether oxygens (including phenoxy) is 2. The molecular weight excluding hydrogens is 260 g/mol. The van der Waals surface area contributed by atoms with Gasteiger partial charge in [-0.05, 0) is 12.0 Å². The van der Waals surface area contributed by atoms with Crippen LogP contribution in [0.15, 0.2) is 36.4 Å². The molecule has 0 spiro atoms. The lowest BCUT2D eigenvalue weighted by Gasteiger charge is -2.17. The summed E-state index contributed by atoms with van der Waals surface area (Å²) in [5.41, 5.74) is 0.962. The van der Waals surface area contributed by atoms with Crippen LogP contribution in [0.2, 0.25) is 0 Å². The van der Waals surface area contributed by atoms with Crippen molar-refractivity contribution in [2.45, 2.75) is 12.5 Å². The molecule has 0 bridgehead atoms. The van der Waals surface area contributed by atoms with Gasteiger partial charge in [-0.2, -0.15) is 0 Å². The summed E-state index contributed by atoms with van der Waals surface area (Å²) in [7, 11) is 2.36. The van der Waals surface area contributed by atoms with Crippen LogP contribution in [-0.2, 0) is 19.1 Å². The van der Waals surface area contributed by atoms with E-state index in [1.54, 1.807) is 12.2 Å². The van der Waals surface area contributed by atoms with Crippen LogP contribution in [0.25, 0.3) is 6.08 Å². The van der Waals surface area contributed by atoms with Gasteiger partial charge in [-0.3, -0.25) is 4.79 Å². The van der Waals surface area contributed by atoms with Crippen LogP contribution in [0.4, 0.5) is 0 Å². The van der Waals surface area contributed by atoms with Crippen LogP contribution in [0, 0.1) is 5.92 Å². The number of esters is 2. The summed E-state index contributed by atoms with van der Waals surface area (Å²) in [5.74, 6) is -2.48. The van der Waals surface area contributed by atoms with Crippen molar-refractivity contribution in [3.8, 4) is 0 Å². The zero-order chi connectivity index (χ0) is 15.0. The summed E-state index contributed by atoms with van der Waals surface area (Å²) >= 11 is 0. The van der Waals surface area contributed by atoms with Crippen molar-refractivity contribution in [3.63, 3.8) is 0 Å². The number of methoxy groups -OCH3 is 2. The van der Waals surface area contributed by atoms with Gasteiger partial charge in [0.25, 0.3) is 0 Å². The largest absolute Gasteiger partial charge is 0.469 e. The average Bonchev–Trinajstić information content (AvgIpc) is 2.50. The second-order valence-electron chi connectivity index (χ2n) is 4.15. The van der Waals surface area contributed by atoms with E-state index in [2.05, 4.69) is 9.47 Å². The number of aliphatic hydroxyl groups excluding tert-OH is 1. The van der Waals surface area contributed by atoms with Crippen molar-refractivity contribution in [3.05, 3.63) is 42.0 Å². The minimum Gasteiger partial charge on any atom is -0.469 e. The Morgan fingerprint density at radius 1 is 1.15 bits per heavy atom. The van der Waals surface area contributed by atoms with Gasteiger partial charge in [0.2, 0.25) is 0 Å². The Hall–Kier alpha value is -2.14. The molecule has 0 heterocycles. The van der Waals surface area contributed by atoms with Crippen LogP contribution in [0.3, 0.4) is 0 Å². The molecule has 1 aromatic rings. The number of rotatable bonds is 6. The molecule has 108 valence electrons. The lowest BCUT2D eigenvalue weighted by Crippen LogP contribution is -2.36. The molecule has 1 unspecified atom stereocenters. The van der Waals surface area contributed by atoms with E-state index in [4.69, 9.17) is 0 Å². The average molecular weight is 278 g/mol. The molecular formula is C15H18O5. The molecule has 0 aromatic heterocycles. The van der Waals surface area contributed by atoms with Gasteiger partial charge in [0.1, 0.15) is 0 Å². The molecule has 0 saturated heterocycles. The normalized spacial score (nSPS) is 13.8. The fourth-order valence-corrected chi connectivity index (χ4v) is 1.71. The standard InChI is InChI=1S/C15H18O5/c1-19-14(17)12(13(16)15(18)20-2)10-6-9-11-7-4-3-5-8-11/h3-9,12-13,16H,10H2,1-2H3/t12?,13-/m0/s1. The van der Waals surface area contributed by atoms with Crippen molar-refractivity contribution in [1.82, 2.24) is 0 Å². The zero-order valence-electron chi connectivity index (χ0n) is 11.5. The van der Waals surface area contributed by atoms with Gasteiger partial charge in [0.05, 0.1) is 20.1 Å². The minimum absolute atomic E-state index is 0.178. The van der Waals surface area contributed by atoms with Crippen molar-refractivity contribution in [2.75, 3.05) is 14.2 Å². The predicted octanol–water partition coefficient (Wildman–Crippen LogP) is 1.41. The quantitative estimate of drug-likeness (QED) is 0.797. The second-order valence-corrected chi connectivity index (χ2v) is 4.15. The third-order valence-corrected chi connectivity index (χ3v) is 2.83. The number of benzene rings is 1. The highest BCUT2D eigenvalue weighted by Gasteiger charge is 2.32. The molecule has 0 aliphatic heterocycles. The number of carbonyl (C=O) groups excluding carboxylic acids is 2. The van der Waals surface area contributed by atoms with Crippen LogP contribution in [0.1, 0.15) is 12.0 Å². The third kappa shape index (κ3) is 4.51. The monoisotopic (exact) mass is 278 g/mol. The Bertz CT molecular complexity index is 466. The molecule has 0 radical (unpaired) electrons. The molecule has 5 heteroatoms. The van der Waals surface area contributed by atoms with Gasteiger partial charge in [-0.1, -0.05) is 42.5 Å². The lowest BCUT2D eigenvalue weighted by atomic mass is 9.98. The van der Waals surface area contributed by atoms with E-state index in [9.17, 15) is 14.7 Å². The first-order valence-electron chi connectivity index (χ1n) is 6.15. The first kappa shape index (κ1) is 15.9. The Kier molecular flexibility index (Phi) is 6.46. The summed E-state index contributed by atoms with van der Waals surface area (Å²) in [6.45, 7) is 0. The van der Waals surface area contributed by atoms with E-state index < -0.39 is 24.0 Å². The first-order valence-corrected chi connectivity index (χ1v) is 6.15. The van der Waals surface area contributed by atoms with Crippen LogP contribution in [0.5, 0.6) is 0 Å². The number of aliphatic hydroxyl groups is 1. The summed E-state index contributed by atoms with van der Waals surface area (Å²) < 4.78 is 9.02. The highest BCUT2D eigenvalue weighted by Crippen LogP contribution is 2.15. The fourth-order valence-electron chi connectivity index (χ4n) is 1.71. The number of hydrogen-bond acceptors (Lipinski definition) is 5. The Morgan fingerprint density at radius 3 is 2.30 bits per heavy atom. The molecule has 1 rings (SSSR count). The molecule has 0 aliphatic rings. The van der Waals surface area contributed by atoms with E-state index in [0.29, 0.717) is 0 Å². The molecule has 0 fully saturated rings. The summed E-state index contributed by atoms with van der Waals surface area (Å²) in [5, 5.41) is 9.77. The molecule has 1 N–H and O–H groups in total. The van der Waals surface area contributed by atoms with Crippen LogP contribution >= 0.6 is 0 Å². The van der Waals surface area contributed by atoms with Crippen molar-refractivity contribution < 1.29 is 24.2 Å². The predicted molar refractivity (Wildman–Crippen MR) is 73.6 cm³/mol. The molecule has 0 amide bonds. The van der Waals surface area contributed by atoms with E-state index in [-0.39, 0.29) is 6.42 Å². The van der Waals surface area contributed by atoms with Gasteiger partial charge in [-0.15, -0.1) is 0 Å². The highest BCUT2D eigenvalue weighted by atomic mass is 16.5. The van der Waals surface area contributed by atoms with Crippen LogP contribution in [-0.4, -0.2) is 37.4 Å². The van der Waals surface area contributed by atoms with Gasteiger partial charge >= 0.3 is 11.9 Å². The van der Waals surface area contributed by atoms with Gasteiger partial charge in [0, 0.05) is 0 Å². The fraction of sp³-hybridized carbons (Fsp3) is 0.333. The summed E-state index contributed by atoms with van der Waals surface area (Å²) in [6, 6.07) is 9.48. The number of allylic oxidation sites excluding steroid dienone is 1. The SMILES string of the molecule is COC(=O)C(CC=Cc1ccccc1)[C@H](O)C(=O)OC. The van der Waals surface area contributed by atoms with Crippen molar-refractivity contribution in [1.29, 1.82) is 0 Å². The third-order valence-electron chi connectivity index (χ3n) is 2.83. The molecule has 0 saturated carbocycles. The highest BCUT2D eigenvalue weighted by molar-refractivity contribution is 5.83. The van der Waals surface area contributed by atoms with Gasteiger partial charge < -0.3 is 14.6 Å². The Labute approximate surface area is 117 Å². The summed E-state index contributed by atoms with van der Waals surface area (Å²) in [4.78, 5) is 22.9. The maximum Gasteiger partial charge on any atom is 0.335 e. The van der Waals surface area contributed by atoms with E-state index >= 15 is 0 Å². The van der Waals surface area contributed by atoms with Crippen LogP contribution < -0.4 is 0 Å². The maximum absolute atomic E-state index is 11.6. The van der Waals surface area contributed by atoms with E-state index in [1.165, 1.54) is 7.11 Å². The van der Waals surface area contributed by atoms with Crippen molar-refractivity contribution >= 4 is 18.0 Å². The molecule has 5 nitrogen and oxygen atoms in total. The summed E-state index contributed by atoms with van der Waals surface area (Å²) in [6.07, 6.45) is 2.16. The number of carbonyl (C=O) groups is 2. The Morgan fingerprint density at radius 2 is 1.75 bits per heavy atom. The molecule has 1 aromatic carbocycles. The molecule has 2 atom stereocenters. The first-order chi connectivity index (χ1) is 9.60. The maximum atomic E-state index is 11.6. The van der Waals surface area contributed by atoms with Gasteiger partial charge in [0.15, 0.2) is 6.10 Å². The topological polar surface area (TPSA) is 72.8 Å². The van der Waals surface area contributed by atoms with E-state index in [0.717, 1.165) is 12.7 Å².